The summed E-state index contributed by atoms with van der Waals surface area (Å²) in [5.41, 5.74) is 6.93. The molecule has 17 atom stereocenters. The molecule has 116 heavy (non-hydrogen) atoms. The van der Waals surface area contributed by atoms with Crippen molar-refractivity contribution < 1.29 is 87.9 Å². The van der Waals surface area contributed by atoms with Gasteiger partial charge >= 0.3 is 5.97 Å². The summed E-state index contributed by atoms with van der Waals surface area (Å²) in [4.78, 5) is 189. The zero-order chi connectivity index (χ0) is 83.9. The van der Waals surface area contributed by atoms with E-state index < -0.39 is 192 Å². The monoisotopic (exact) mass is 1660 g/mol. The van der Waals surface area contributed by atoms with Crippen molar-refractivity contribution in [2.75, 3.05) is 37.8 Å². The van der Waals surface area contributed by atoms with Crippen molar-refractivity contribution in [1.29, 1.82) is 0 Å². The molecule has 2 aromatic rings. The highest BCUT2D eigenvalue weighted by molar-refractivity contribution is 7.98. The number of carbonyl (C=O) groups is 13. The van der Waals surface area contributed by atoms with Crippen LogP contribution in [0.2, 0.25) is 0 Å². The molecule has 3 saturated heterocycles. The predicted octanol–water partition coefficient (Wildman–Crippen LogP) is -2.51. The van der Waals surface area contributed by atoms with Crippen LogP contribution in [0.15, 0.2) is 30.5 Å². The highest BCUT2D eigenvalue weighted by Gasteiger charge is 2.45. The first-order chi connectivity index (χ1) is 55.2. The normalized spacial score (nSPS) is 32.6. The Balaban J connectivity index is 1.07. The third-order valence-corrected chi connectivity index (χ3v) is 25.5. The molecule has 6 heterocycles. The van der Waals surface area contributed by atoms with Gasteiger partial charge in [0.1, 0.15) is 66.2 Å². The molecule has 6 bridgehead atoms. The van der Waals surface area contributed by atoms with Crippen molar-refractivity contribution >= 4 is 100 Å². The Morgan fingerprint density at radius 2 is 1.13 bits per heavy atom. The molecule has 7 aliphatic rings. The Morgan fingerprint density at radius 1 is 0.586 bits per heavy atom. The van der Waals surface area contributed by atoms with Gasteiger partial charge < -0.3 is 106 Å². The van der Waals surface area contributed by atoms with Crippen LogP contribution in [0.1, 0.15) is 180 Å². The predicted molar refractivity (Wildman–Crippen MR) is 428 cm³/mol. The van der Waals surface area contributed by atoms with Crippen LogP contribution < -0.4 is 80.2 Å². The largest absolute Gasteiger partial charge is 0.481 e. The molecule has 1 aromatic carbocycles. The van der Waals surface area contributed by atoms with E-state index in [0.29, 0.717) is 94.9 Å². The van der Waals surface area contributed by atoms with E-state index in [2.05, 4.69) is 84.7 Å². The number of aromatic nitrogens is 3. The second-order valence-electron chi connectivity index (χ2n) is 33.6. The average Bonchev–Trinajstić information content (AvgIpc) is 1.69. The highest BCUT2D eigenvalue weighted by atomic mass is 32.2. The Kier molecular flexibility index (Phi) is 35.0. The number of hydrogen-bond acceptors (Lipinski definition) is 25. The van der Waals surface area contributed by atoms with Gasteiger partial charge in [-0.3, -0.25) is 67.0 Å². The number of Topliss-reactive ketones (excluding diaryl/α,β-unsaturated/α-hetero) is 1. The van der Waals surface area contributed by atoms with Crippen molar-refractivity contribution in [2.45, 2.75) is 285 Å². The van der Waals surface area contributed by atoms with E-state index >= 15 is 24.0 Å². The second-order valence-corrected chi connectivity index (χ2v) is 35.8. The van der Waals surface area contributed by atoms with Crippen LogP contribution in [0.4, 0.5) is 0 Å². The van der Waals surface area contributed by atoms with Gasteiger partial charge in [0, 0.05) is 86.6 Å². The molecule has 1 aromatic heterocycles. The van der Waals surface area contributed by atoms with E-state index in [1.165, 1.54) is 48.2 Å². The molecule has 2 saturated carbocycles. The van der Waals surface area contributed by atoms with Gasteiger partial charge in [-0.1, -0.05) is 50.3 Å². The number of aryl methyl sites for hydroxylation is 1. The van der Waals surface area contributed by atoms with Gasteiger partial charge in [0.2, 0.25) is 65.0 Å². The molecule has 2 aliphatic carbocycles. The van der Waals surface area contributed by atoms with Crippen LogP contribution in [0, 0.1) is 35.0 Å². The lowest BCUT2D eigenvalue weighted by Gasteiger charge is -2.34. The standard InChI is InChI=1S/C78H122N18O18S2/c1-41(97)64-76(113)90-59(30-47-34-82-67-53(47)11-7-24-81-67)73(110)89-61-32-49-36-96(95-94-49)25-8-12-55(84-71(108)58(29-44-15-19-51(100)20-16-44)87-69(106)56(85-74(61)111)21-22-63(102)103)70(107)92-65(42(2)98)77(114)91-62(66(79)104)39-116-38-46-10-6-9-45(27-46)37-115-26-23-52(101)33-54(78(3,4)5)68(105)86-57(28-43-13-17-50(99)18-14-43)72(109)88-60(75(112)93-64)31-48-35-80-40-83-48/h6,9-10,27,36,41-44,47-48,50-51,53-62,64-65,67,80-83,97-100H,7-8,11-26,28-35,37-40H2,1-5H3,(H2,79,104)(H,84,108)(H,85,111)(H,86,105)(H,87,106)(H,88,109)(H,89,110)(H,90,113)(H,91,114)(H,92,107)(H,93,112)(H,102,103)/t41-,42-,43?,44?,47?,48?,50?,51?,53?,54-,55+,56+,57+,58+,59+,60+,61-,62+,64+,65+,67?/m1/s1. The van der Waals surface area contributed by atoms with Crippen molar-refractivity contribution in [3.63, 3.8) is 0 Å². The summed E-state index contributed by atoms with van der Waals surface area (Å²) in [6.45, 7) is 9.74. The maximum absolute atomic E-state index is 15.5. The van der Waals surface area contributed by atoms with Crippen LogP contribution in [0.3, 0.4) is 0 Å². The number of carboxylic acid groups (broad SMARTS) is 1. The summed E-state index contributed by atoms with van der Waals surface area (Å²) < 4.78 is 1.37. The minimum atomic E-state index is -1.82. The molecule has 4 unspecified atom stereocenters. The first kappa shape index (κ1) is 91.9. The quantitative estimate of drug-likeness (QED) is 0.0929. The molecule has 11 amide bonds. The SMILES string of the molecule is C[C@@H](O)[C@@H]1NC(=O)[C@@H]2CCCn3cc(nn3)C[C@@H](NC(=O)[C@H](CC3CNC4NCCCC34)NC(=O)[C@H]([C@@H](C)O)NC(=O)[C@H](CC3CNCN3)NC(=O)[C@H](CC3CCC(O)CC3)NC(=O)[C@H](C(C)(C)C)CC(=O)CCSCc3cccc(c3)CSC[C@@H](C(N)=O)NC1=O)C(=O)N[C@@H](CCC(=O)O)C(=O)N[C@@H](CC1CCC(O)CC1)C(=O)N2. The maximum Gasteiger partial charge on any atom is 0.303 e. The number of aliphatic hydroxyl groups excluding tert-OH is 4. The zero-order valence-corrected chi connectivity index (χ0v) is 68.6. The first-order valence-electron chi connectivity index (χ1n) is 41.1. The molecule has 5 aliphatic heterocycles. The van der Waals surface area contributed by atoms with Crippen molar-refractivity contribution in [2.24, 2.45) is 40.7 Å². The lowest BCUT2D eigenvalue weighted by molar-refractivity contribution is -0.139. The minimum Gasteiger partial charge on any atom is -0.481 e. The maximum atomic E-state index is 15.5. The Bertz CT molecular complexity index is 3720. The molecule has 9 rings (SSSR count). The number of nitrogens with one attached hydrogen (secondary N) is 14. The molecule has 21 N–H and O–H groups in total. The number of nitrogens with zero attached hydrogens (tertiary/aromatic N) is 3. The van der Waals surface area contributed by atoms with Crippen LogP contribution in [-0.4, -0.2) is 252 Å². The van der Waals surface area contributed by atoms with Crippen LogP contribution in [0.5, 0.6) is 0 Å². The molecule has 5 fully saturated rings. The number of nitrogens with two attached hydrogens (primary N) is 1. The third-order valence-electron chi connectivity index (χ3n) is 23.3. The molecule has 0 radical (unpaired) electrons. The zero-order valence-electron chi connectivity index (χ0n) is 67.0. The number of thioether (sulfide) groups is 2. The molecule has 36 nitrogen and oxygen atoms in total. The fourth-order valence-electron chi connectivity index (χ4n) is 16.5. The summed E-state index contributed by atoms with van der Waals surface area (Å²) in [5.74, 6) is -12.2. The number of aliphatic carboxylic acids is 1. The van der Waals surface area contributed by atoms with Crippen molar-refractivity contribution in [3.8, 4) is 0 Å². The smallest absolute Gasteiger partial charge is 0.303 e. The van der Waals surface area contributed by atoms with Gasteiger partial charge in [-0.05, 0) is 176 Å². The number of rotatable bonds is 14. The number of piperidine rings is 1. The number of primary amides is 1. The van der Waals surface area contributed by atoms with Gasteiger partial charge in [-0.25, -0.2) is 0 Å². The summed E-state index contributed by atoms with van der Waals surface area (Å²) >= 11 is 2.77. The second kappa shape index (κ2) is 44.2. The molecule has 38 heteroatoms. The molecular formula is C78H122N18O18S2. The number of carbonyl (C=O) groups excluding carboxylic acids is 12. The van der Waals surface area contributed by atoms with E-state index in [1.807, 2.05) is 45.0 Å². The number of aliphatic hydroxyl groups is 4. The number of carboxylic acids is 1. The number of benzene rings is 1. The fourth-order valence-corrected chi connectivity index (χ4v) is 18.4. The summed E-state index contributed by atoms with van der Waals surface area (Å²) in [6, 6.07) is -8.35. The topological polar surface area (TPSA) is 548 Å². The van der Waals surface area contributed by atoms with Gasteiger partial charge in [0.05, 0.1) is 36.3 Å². The fraction of sp³-hybridized carbons (Fsp3) is 0.731. The number of fused-ring (bicyclic) bond motifs is 7. The Labute approximate surface area is 684 Å². The summed E-state index contributed by atoms with van der Waals surface area (Å²) in [7, 11) is 0. The van der Waals surface area contributed by atoms with E-state index in [4.69, 9.17) is 5.73 Å². The third kappa shape index (κ3) is 28.1. The lowest BCUT2D eigenvalue weighted by Crippen LogP contribution is -2.63. The van der Waals surface area contributed by atoms with Crippen molar-refractivity contribution in [1.82, 2.24) is 89.4 Å². The van der Waals surface area contributed by atoms with E-state index in [0.717, 1.165) is 24.0 Å². The summed E-state index contributed by atoms with van der Waals surface area (Å²) in [6.07, 6.45) is -0.148. The lowest BCUT2D eigenvalue weighted by atomic mass is 9.76. The van der Waals surface area contributed by atoms with Crippen molar-refractivity contribution in [3.05, 3.63) is 47.3 Å². The Hall–Kier alpha value is -7.95. The van der Waals surface area contributed by atoms with Crippen LogP contribution >= 0.6 is 23.5 Å². The molecule has 0 spiro atoms. The van der Waals surface area contributed by atoms with E-state index in [9.17, 15) is 63.9 Å². The molecule has 644 valence electrons. The van der Waals surface area contributed by atoms with Crippen LogP contribution in [0.25, 0.3) is 0 Å². The van der Waals surface area contributed by atoms with E-state index in [1.54, 1.807) is 0 Å². The van der Waals surface area contributed by atoms with Crippen LogP contribution in [-0.2, 0) is 86.8 Å². The van der Waals surface area contributed by atoms with Gasteiger partial charge in [-0.15, -0.1) is 5.10 Å². The summed E-state index contributed by atoms with van der Waals surface area (Å²) in [5, 5.41) is 103. The minimum absolute atomic E-state index is 0.00559. The van der Waals surface area contributed by atoms with Gasteiger partial charge in [0.25, 0.3) is 0 Å². The van der Waals surface area contributed by atoms with Gasteiger partial charge in [-0.2, -0.15) is 23.5 Å². The van der Waals surface area contributed by atoms with E-state index in [-0.39, 0.29) is 105 Å². The first-order valence-corrected chi connectivity index (χ1v) is 43.4. The highest BCUT2D eigenvalue weighted by Crippen LogP contribution is 2.35. The Morgan fingerprint density at radius 3 is 1.73 bits per heavy atom. The number of ketones is 1. The number of amides is 11. The number of hydrogen-bond donors (Lipinski definition) is 20. The molecular weight excluding hydrogens is 1540 g/mol. The van der Waals surface area contributed by atoms with Gasteiger partial charge in [0.15, 0.2) is 0 Å². The average molecular weight is 1660 g/mol.